The van der Waals surface area contributed by atoms with Gasteiger partial charge < -0.3 is 5.32 Å². The molecular weight excluding hydrogens is 286 g/mol. The van der Waals surface area contributed by atoms with E-state index in [2.05, 4.69) is 41.5 Å². The number of amides is 1. The lowest BCUT2D eigenvalue weighted by Gasteiger charge is -2.24. The molecule has 4 heteroatoms. The fourth-order valence-corrected chi connectivity index (χ4v) is 3.37. The van der Waals surface area contributed by atoms with Crippen LogP contribution in [0.5, 0.6) is 0 Å². The van der Waals surface area contributed by atoms with E-state index in [-0.39, 0.29) is 11.8 Å². The fraction of sp³-hybridized carbons (Fsp3) is 0.474. The first kappa shape index (κ1) is 15.8. The number of aromatic nitrogens is 2. The second kappa shape index (κ2) is 6.99. The summed E-state index contributed by atoms with van der Waals surface area (Å²) in [6, 6.07) is 10.5. The van der Waals surface area contributed by atoms with Gasteiger partial charge >= 0.3 is 0 Å². The average molecular weight is 311 g/mol. The van der Waals surface area contributed by atoms with Gasteiger partial charge in [0.1, 0.15) is 0 Å². The second-order valence-corrected chi connectivity index (χ2v) is 6.36. The van der Waals surface area contributed by atoms with Crippen molar-refractivity contribution in [3.8, 4) is 11.3 Å². The Morgan fingerprint density at radius 2 is 2.04 bits per heavy atom. The Morgan fingerprint density at radius 3 is 2.74 bits per heavy atom. The number of H-pyrrole nitrogens is 1. The number of rotatable bonds is 5. The second-order valence-electron chi connectivity index (χ2n) is 6.36. The first-order valence-corrected chi connectivity index (χ1v) is 8.64. The molecule has 122 valence electrons. The maximum absolute atomic E-state index is 12.6. The monoisotopic (exact) mass is 311 g/mol. The summed E-state index contributed by atoms with van der Waals surface area (Å²) in [5.74, 6) is 0.257. The van der Waals surface area contributed by atoms with Gasteiger partial charge in [-0.05, 0) is 32.1 Å². The third kappa shape index (κ3) is 3.31. The van der Waals surface area contributed by atoms with Gasteiger partial charge in [0, 0.05) is 28.8 Å². The Balaban J connectivity index is 1.78. The molecule has 0 unspecified atom stereocenters. The van der Waals surface area contributed by atoms with Crippen LogP contribution in [0.1, 0.15) is 44.4 Å². The molecule has 1 aliphatic carbocycles. The van der Waals surface area contributed by atoms with E-state index >= 15 is 0 Å². The van der Waals surface area contributed by atoms with Crippen molar-refractivity contribution in [2.75, 3.05) is 0 Å². The lowest BCUT2D eigenvalue weighted by Crippen LogP contribution is -2.40. The SMILES string of the molecule is CCC(CC)NC(=O)[C@@H]1CCc2[nH]nc(-c3ccccc3)c2C1. The van der Waals surface area contributed by atoms with E-state index in [1.807, 2.05) is 18.2 Å². The Kier molecular flexibility index (Phi) is 4.79. The van der Waals surface area contributed by atoms with Gasteiger partial charge in [-0.25, -0.2) is 0 Å². The highest BCUT2D eigenvalue weighted by Gasteiger charge is 2.29. The van der Waals surface area contributed by atoms with E-state index in [1.54, 1.807) is 0 Å². The molecule has 1 heterocycles. The largest absolute Gasteiger partial charge is 0.353 e. The number of carbonyl (C=O) groups is 1. The highest BCUT2D eigenvalue weighted by molar-refractivity contribution is 5.80. The van der Waals surface area contributed by atoms with E-state index < -0.39 is 0 Å². The molecule has 0 saturated heterocycles. The molecule has 0 bridgehead atoms. The molecule has 0 radical (unpaired) electrons. The fourth-order valence-electron chi connectivity index (χ4n) is 3.37. The average Bonchev–Trinajstić information content (AvgIpc) is 3.03. The maximum Gasteiger partial charge on any atom is 0.223 e. The van der Waals surface area contributed by atoms with E-state index in [1.165, 1.54) is 11.3 Å². The zero-order chi connectivity index (χ0) is 16.2. The predicted octanol–water partition coefficient (Wildman–Crippen LogP) is 3.49. The molecule has 1 aliphatic rings. The van der Waals surface area contributed by atoms with Crippen molar-refractivity contribution < 1.29 is 4.79 Å². The Morgan fingerprint density at radius 1 is 1.30 bits per heavy atom. The molecule has 4 nitrogen and oxygen atoms in total. The zero-order valence-electron chi connectivity index (χ0n) is 13.9. The molecule has 1 atom stereocenters. The van der Waals surface area contributed by atoms with Crippen molar-refractivity contribution >= 4 is 5.91 Å². The zero-order valence-corrected chi connectivity index (χ0v) is 13.9. The van der Waals surface area contributed by atoms with Gasteiger partial charge in [0.2, 0.25) is 5.91 Å². The predicted molar refractivity (Wildman–Crippen MR) is 92.1 cm³/mol. The van der Waals surface area contributed by atoms with Crippen LogP contribution in [0, 0.1) is 5.92 Å². The van der Waals surface area contributed by atoms with Crippen LogP contribution in [0.3, 0.4) is 0 Å². The minimum absolute atomic E-state index is 0.0585. The Labute approximate surface area is 137 Å². The van der Waals surface area contributed by atoms with E-state index in [4.69, 9.17) is 0 Å². The van der Waals surface area contributed by atoms with Gasteiger partial charge in [-0.1, -0.05) is 44.2 Å². The van der Waals surface area contributed by atoms with Crippen molar-refractivity contribution in [2.45, 2.75) is 52.0 Å². The highest BCUT2D eigenvalue weighted by atomic mass is 16.1. The summed E-state index contributed by atoms with van der Waals surface area (Å²) in [5, 5.41) is 10.9. The molecule has 1 aromatic carbocycles. The van der Waals surface area contributed by atoms with Crippen molar-refractivity contribution in [3.63, 3.8) is 0 Å². The van der Waals surface area contributed by atoms with E-state index in [0.717, 1.165) is 43.4 Å². The molecule has 0 spiro atoms. The summed E-state index contributed by atoms with van der Waals surface area (Å²) in [6.07, 6.45) is 4.55. The van der Waals surface area contributed by atoms with Gasteiger partial charge in [0.05, 0.1) is 5.69 Å². The van der Waals surface area contributed by atoms with Crippen molar-refractivity contribution in [1.29, 1.82) is 0 Å². The summed E-state index contributed by atoms with van der Waals surface area (Å²) in [5.41, 5.74) is 4.52. The van der Waals surface area contributed by atoms with Crippen LogP contribution in [-0.2, 0) is 17.6 Å². The topological polar surface area (TPSA) is 57.8 Å². The smallest absolute Gasteiger partial charge is 0.223 e. The summed E-state index contributed by atoms with van der Waals surface area (Å²) in [7, 11) is 0. The molecule has 0 fully saturated rings. The lowest BCUT2D eigenvalue weighted by atomic mass is 9.84. The number of hydrogen-bond acceptors (Lipinski definition) is 2. The summed E-state index contributed by atoms with van der Waals surface area (Å²) >= 11 is 0. The number of aryl methyl sites for hydroxylation is 1. The molecule has 3 rings (SSSR count). The van der Waals surface area contributed by atoms with Gasteiger partial charge in [0.15, 0.2) is 0 Å². The number of nitrogens with one attached hydrogen (secondary N) is 2. The summed E-state index contributed by atoms with van der Waals surface area (Å²) in [4.78, 5) is 12.6. The van der Waals surface area contributed by atoms with E-state index in [0.29, 0.717) is 6.04 Å². The molecule has 0 aliphatic heterocycles. The van der Waals surface area contributed by atoms with Crippen molar-refractivity contribution in [3.05, 3.63) is 41.6 Å². The standard InChI is InChI=1S/C19H25N3O/c1-3-15(4-2)20-19(23)14-10-11-17-16(12-14)18(22-21-17)13-8-6-5-7-9-13/h5-9,14-15H,3-4,10-12H2,1-2H3,(H,20,23)(H,21,22)/t14-/m1/s1. The molecule has 0 saturated carbocycles. The van der Waals surface area contributed by atoms with Gasteiger partial charge in [0.25, 0.3) is 0 Å². The van der Waals surface area contributed by atoms with Crippen molar-refractivity contribution in [2.24, 2.45) is 5.92 Å². The third-order valence-electron chi connectivity index (χ3n) is 4.90. The van der Waals surface area contributed by atoms with Crippen LogP contribution in [0.15, 0.2) is 30.3 Å². The molecule has 2 aromatic rings. The van der Waals surface area contributed by atoms with Crippen molar-refractivity contribution in [1.82, 2.24) is 15.5 Å². The molecule has 1 aromatic heterocycles. The Hall–Kier alpha value is -2.10. The lowest BCUT2D eigenvalue weighted by molar-refractivity contribution is -0.126. The number of hydrogen-bond donors (Lipinski definition) is 2. The van der Waals surface area contributed by atoms with Crippen LogP contribution < -0.4 is 5.32 Å². The minimum atomic E-state index is 0.0585. The molecule has 1 amide bonds. The van der Waals surface area contributed by atoms with Crippen LogP contribution in [0.25, 0.3) is 11.3 Å². The summed E-state index contributed by atoms with van der Waals surface area (Å²) < 4.78 is 0. The number of nitrogens with zero attached hydrogens (tertiary/aromatic N) is 1. The normalized spacial score (nSPS) is 17.1. The molecular formula is C19H25N3O. The van der Waals surface area contributed by atoms with Gasteiger partial charge in [-0.3, -0.25) is 9.89 Å². The van der Waals surface area contributed by atoms with Crippen LogP contribution in [0.4, 0.5) is 0 Å². The van der Waals surface area contributed by atoms with Gasteiger partial charge in [-0.15, -0.1) is 0 Å². The molecule has 2 N–H and O–H groups in total. The number of aromatic amines is 1. The van der Waals surface area contributed by atoms with Crippen LogP contribution >= 0.6 is 0 Å². The van der Waals surface area contributed by atoms with E-state index in [9.17, 15) is 4.79 Å². The quantitative estimate of drug-likeness (QED) is 0.888. The number of carbonyl (C=O) groups excluding carboxylic acids is 1. The van der Waals surface area contributed by atoms with Crippen LogP contribution in [0.2, 0.25) is 0 Å². The van der Waals surface area contributed by atoms with Crippen LogP contribution in [-0.4, -0.2) is 22.1 Å². The Bertz CT molecular complexity index is 659. The maximum atomic E-state index is 12.6. The number of fused-ring (bicyclic) bond motifs is 1. The summed E-state index contributed by atoms with van der Waals surface area (Å²) in [6.45, 7) is 4.24. The first-order valence-electron chi connectivity index (χ1n) is 8.64. The highest BCUT2D eigenvalue weighted by Crippen LogP contribution is 2.32. The first-order chi connectivity index (χ1) is 11.2. The minimum Gasteiger partial charge on any atom is -0.353 e. The third-order valence-corrected chi connectivity index (χ3v) is 4.90. The van der Waals surface area contributed by atoms with Gasteiger partial charge in [-0.2, -0.15) is 5.10 Å². The molecule has 23 heavy (non-hydrogen) atoms. The number of benzene rings is 1.